The SMILES string of the molecule is Nc1ccc(OCCNS(=O)(=O)c2ccc(Br)s2)cc1. The smallest absolute Gasteiger partial charge is 0.250 e. The van der Waals surface area contributed by atoms with Gasteiger partial charge in [0.05, 0.1) is 3.79 Å². The van der Waals surface area contributed by atoms with Crippen molar-refractivity contribution in [2.45, 2.75) is 4.21 Å². The predicted octanol–water partition coefficient (Wildman–Crippen LogP) is 2.45. The van der Waals surface area contributed by atoms with Gasteiger partial charge in [-0.05, 0) is 52.3 Å². The quantitative estimate of drug-likeness (QED) is 0.599. The second-order valence-corrected chi connectivity index (χ2v) is 8.33. The molecule has 0 bridgehead atoms. The molecule has 1 aromatic heterocycles. The number of nitrogen functional groups attached to an aromatic ring is 1. The molecule has 0 aliphatic carbocycles. The van der Waals surface area contributed by atoms with Crippen LogP contribution in [0, 0.1) is 0 Å². The Morgan fingerprint density at radius 1 is 1.20 bits per heavy atom. The van der Waals surface area contributed by atoms with Crippen molar-refractivity contribution in [3.8, 4) is 5.75 Å². The molecule has 0 saturated heterocycles. The van der Waals surface area contributed by atoms with E-state index >= 15 is 0 Å². The maximum absolute atomic E-state index is 11.9. The number of halogens is 1. The highest BCUT2D eigenvalue weighted by molar-refractivity contribution is 9.11. The summed E-state index contributed by atoms with van der Waals surface area (Å²) in [7, 11) is -3.46. The van der Waals surface area contributed by atoms with Crippen LogP contribution in [0.4, 0.5) is 5.69 Å². The monoisotopic (exact) mass is 376 g/mol. The maximum atomic E-state index is 11.9. The Hall–Kier alpha value is -1.09. The van der Waals surface area contributed by atoms with Gasteiger partial charge in [0.1, 0.15) is 16.6 Å². The van der Waals surface area contributed by atoms with Gasteiger partial charge < -0.3 is 10.5 Å². The van der Waals surface area contributed by atoms with E-state index in [1.807, 2.05) is 0 Å². The first-order chi connectivity index (χ1) is 9.47. The number of sulfonamides is 1. The number of ether oxygens (including phenoxy) is 1. The summed E-state index contributed by atoms with van der Waals surface area (Å²) in [4.78, 5) is 0. The van der Waals surface area contributed by atoms with E-state index in [-0.39, 0.29) is 17.4 Å². The highest BCUT2D eigenvalue weighted by Crippen LogP contribution is 2.25. The minimum atomic E-state index is -3.46. The summed E-state index contributed by atoms with van der Waals surface area (Å²) in [5, 5.41) is 0. The van der Waals surface area contributed by atoms with Gasteiger partial charge in [-0.1, -0.05) is 0 Å². The molecule has 0 unspecified atom stereocenters. The summed E-state index contributed by atoms with van der Waals surface area (Å²) < 4.78 is 32.8. The van der Waals surface area contributed by atoms with Crippen LogP contribution in [-0.2, 0) is 10.0 Å². The fourth-order valence-corrected chi connectivity index (χ4v) is 4.49. The van der Waals surface area contributed by atoms with Crippen molar-refractivity contribution in [1.29, 1.82) is 0 Å². The van der Waals surface area contributed by atoms with E-state index in [2.05, 4.69) is 20.7 Å². The van der Waals surface area contributed by atoms with Crippen LogP contribution in [0.25, 0.3) is 0 Å². The zero-order valence-electron chi connectivity index (χ0n) is 10.4. The molecule has 108 valence electrons. The third-order valence-electron chi connectivity index (χ3n) is 2.36. The Kier molecular flexibility index (Phi) is 5.03. The number of thiophene rings is 1. The lowest BCUT2D eigenvalue weighted by molar-refractivity contribution is 0.323. The van der Waals surface area contributed by atoms with Gasteiger partial charge in [0.25, 0.3) is 0 Å². The van der Waals surface area contributed by atoms with E-state index in [0.717, 1.165) is 15.1 Å². The fourth-order valence-electron chi connectivity index (χ4n) is 1.42. The van der Waals surface area contributed by atoms with Gasteiger partial charge in [-0.2, -0.15) is 0 Å². The van der Waals surface area contributed by atoms with E-state index in [1.54, 1.807) is 36.4 Å². The summed E-state index contributed by atoms with van der Waals surface area (Å²) in [6.07, 6.45) is 0. The molecule has 2 aromatic rings. The van der Waals surface area contributed by atoms with Crippen LogP contribution >= 0.6 is 27.3 Å². The lowest BCUT2D eigenvalue weighted by atomic mass is 10.3. The Morgan fingerprint density at radius 3 is 2.50 bits per heavy atom. The van der Waals surface area contributed by atoms with Crippen molar-refractivity contribution in [3.63, 3.8) is 0 Å². The third kappa shape index (κ3) is 4.20. The molecule has 0 aliphatic heterocycles. The molecule has 20 heavy (non-hydrogen) atoms. The summed E-state index contributed by atoms with van der Waals surface area (Å²) in [5.41, 5.74) is 6.21. The fraction of sp³-hybridized carbons (Fsp3) is 0.167. The van der Waals surface area contributed by atoms with Crippen LogP contribution in [0.15, 0.2) is 44.4 Å². The Bertz CT molecular complexity index is 668. The molecule has 0 fully saturated rings. The first-order valence-electron chi connectivity index (χ1n) is 5.71. The molecular formula is C12H13BrN2O3S2. The number of nitrogens with one attached hydrogen (secondary N) is 1. The number of rotatable bonds is 6. The van der Waals surface area contributed by atoms with Crippen molar-refractivity contribution in [1.82, 2.24) is 4.72 Å². The minimum absolute atomic E-state index is 0.197. The van der Waals surface area contributed by atoms with Gasteiger partial charge in [0.15, 0.2) is 0 Å². The summed E-state index contributed by atoms with van der Waals surface area (Å²) in [5.74, 6) is 0.650. The molecule has 0 spiro atoms. The van der Waals surface area contributed by atoms with E-state index in [0.29, 0.717) is 11.4 Å². The van der Waals surface area contributed by atoms with Gasteiger partial charge in [0, 0.05) is 12.2 Å². The largest absolute Gasteiger partial charge is 0.492 e. The standard InChI is InChI=1S/C12H13BrN2O3S2/c13-11-5-6-12(19-11)20(16,17)15-7-8-18-10-3-1-9(14)2-4-10/h1-6,15H,7-8,14H2. The van der Waals surface area contributed by atoms with Gasteiger partial charge >= 0.3 is 0 Å². The van der Waals surface area contributed by atoms with Gasteiger partial charge in [0.2, 0.25) is 10.0 Å². The van der Waals surface area contributed by atoms with Crippen LogP contribution in [0.2, 0.25) is 0 Å². The topological polar surface area (TPSA) is 81.4 Å². The highest BCUT2D eigenvalue weighted by atomic mass is 79.9. The molecule has 5 nitrogen and oxygen atoms in total. The summed E-state index contributed by atoms with van der Waals surface area (Å²) in [6.45, 7) is 0.442. The second-order valence-electron chi connectivity index (χ2n) is 3.87. The van der Waals surface area contributed by atoms with Crippen molar-refractivity contribution in [2.24, 2.45) is 0 Å². The van der Waals surface area contributed by atoms with Crippen molar-refractivity contribution in [2.75, 3.05) is 18.9 Å². The molecule has 1 heterocycles. The van der Waals surface area contributed by atoms with E-state index < -0.39 is 10.0 Å². The second kappa shape index (κ2) is 6.57. The van der Waals surface area contributed by atoms with E-state index in [1.165, 1.54) is 0 Å². The van der Waals surface area contributed by atoms with Crippen molar-refractivity contribution < 1.29 is 13.2 Å². The van der Waals surface area contributed by atoms with Crippen LogP contribution in [-0.4, -0.2) is 21.6 Å². The Labute approximate surface area is 129 Å². The Morgan fingerprint density at radius 2 is 1.90 bits per heavy atom. The number of nitrogens with two attached hydrogens (primary N) is 1. The molecule has 2 rings (SSSR count). The average Bonchev–Trinajstić information content (AvgIpc) is 2.84. The van der Waals surface area contributed by atoms with Crippen LogP contribution < -0.4 is 15.2 Å². The molecule has 0 amide bonds. The first-order valence-corrected chi connectivity index (χ1v) is 8.80. The zero-order valence-corrected chi connectivity index (χ0v) is 13.6. The van der Waals surface area contributed by atoms with Gasteiger partial charge in [-0.15, -0.1) is 11.3 Å². The van der Waals surface area contributed by atoms with Gasteiger partial charge in [-0.3, -0.25) is 0 Å². The summed E-state index contributed by atoms with van der Waals surface area (Å²) in [6, 6.07) is 10.2. The zero-order chi connectivity index (χ0) is 14.6. The predicted molar refractivity (Wildman–Crippen MR) is 83.6 cm³/mol. The van der Waals surface area contributed by atoms with Crippen LogP contribution in [0.3, 0.4) is 0 Å². The first kappa shape index (κ1) is 15.3. The number of hydrogen-bond acceptors (Lipinski definition) is 5. The normalized spacial score (nSPS) is 11.4. The number of hydrogen-bond donors (Lipinski definition) is 2. The number of anilines is 1. The highest BCUT2D eigenvalue weighted by Gasteiger charge is 2.15. The lowest BCUT2D eigenvalue weighted by Gasteiger charge is -2.07. The third-order valence-corrected chi connectivity index (χ3v) is 5.93. The Balaban J connectivity index is 1.82. The molecule has 0 saturated carbocycles. The van der Waals surface area contributed by atoms with Crippen molar-refractivity contribution in [3.05, 3.63) is 40.2 Å². The van der Waals surface area contributed by atoms with E-state index in [4.69, 9.17) is 10.5 Å². The van der Waals surface area contributed by atoms with Gasteiger partial charge in [-0.25, -0.2) is 13.1 Å². The molecular weight excluding hydrogens is 364 g/mol. The molecule has 1 aromatic carbocycles. The molecule has 0 aliphatic rings. The molecule has 0 atom stereocenters. The van der Waals surface area contributed by atoms with Crippen molar-refractivity contribution >= 4 is 43.0 Å². The average molecular weight is 377 g/mol. The van der Waals surface area contributed by atoms with Crippen LogP contribution in [0.5, 0.6) is 5.75 Å². The molecule has 8 heteroatoms. The van der Waals surface area contributed by atoms with Crippen LogP contribution in [0.1, 0.15) is 0 Å². The summed E-state index contributed by atoms with van der Waals surface area (Å²) >= 11 is 4.40. The number of benzene rings is 1. The van der Waals surface area contributed by atoms with E-state index in [9.17, 15) is 8.42 Å². The maximum Gasteiger partial charge on any atom is 0.250 e. The molecule has 0 radical (unpaired) electrons. The molecule has 3 N–H and O–H groups in total. The lowest BCUT2D eigenvalue weighted by Crippen LogP contribution is -2.27. The minimum Gasteiger partial charge on any atom is -0.492 e.